The molecule has 0 amide bonds. The van der Waals surface area contributed by atoms with Crippen LogP contribution >= 0.6 is 11.8 Å². The van der Waals surface area contributed by atoms with Gasteiger partial charge in [-0.25, -0.2) is 8.78 Å². The molecule has 1 atom stereocenters. The van der Waals surface area contributed by atoms with E-state index in [1.165, 1.54) is 23.9 Å². The summed E-state index contributed by atoms with van der Waals surface area (Å²) in [6.45, 7) is 0. The van der Waals surface area contributed by atoms with Gasteiger partial charge in [-0.2, -0.15) is 0 Å². The normalized spacial score (nSPS) is 12.4. The summed E-state index contributed by atoms with van der Waals surface area (Å²) in [6.07, 6.45) is -0.994. The Hall–Kier alpha value is -1.35. The third kappa shape index (κ3) is 3.56. The molecule has 2 rings (SSSR count). The van der Waals surface area contributed by atoms with Crippen molar-refractivity contribution in [2.45, 2.75) is 11.1 Å². The van der Waals surface area contributed by atoms with Crippen LogP contribution in [0.2, 0.25) is 0 Å². The fourth-order valence-electron chi connectivity index (χ4n) is 1.46. The third-order valence-electron chi connectivity index (χ3n) is 2.37. The fraction of sp³-hybridized carbons (Fsp3) is 0.143. The minimum Gasteiger partial charge on any atom is -0.241 e. The largest absolute Gasteiger partial charge is 0.241 e. The fourth-order valence-corrected chi connectivity index (χ4v) is 2.32. The van der Waals surface area contributed by atoms with Gasteiger partial charge in [-0.1, -0.05) is 30.3 Å². The van der Waals surface area contributed by atoms with E-state index in [9.17, 15) is 8.78 Å². The highest BCUT2D eigenvalue weighted by atomic mass is 32.2. The quantitative estimate of drug-likeness (QED) is 0.713. The topological polar surface area (TPSA) is 0 Å². The molecule has 0 saturated carbocycles. The van der Waals surface area contributed by atoms with Gasteiger partial charge in [0.1, 0.15) is 12.0 Å². The van der Waals surface area contributed by atoms with Crippen LogP contribution in [0.1, 0.15) is 11.7 Å². The Balaban J connectivity index is 1.92. The van der Waals surface area contributed by atoms with Crippen LogP contribution in [0.4, 0.5) is 8.78 Å². The number of hydrogen-bond donors (Lipinski definition) is 0. The van der Waals surface area contributed by atoms with E-state index in [1.54, 1.807) is 24.3 Å². The highest BCUT2D eigenvalue weighted by Gasteiger charge is 2.09. The third-order valence-corrected chi connectivity index (χ3v) is 3.44. The molecule has 2 aromatic carbocycles. The molecule has 0 aromatic heterocycles. The summed E-state index contributed by atoms with van der Waals surface area (Å²) in [6, 6.07) is 15.2. The molecule has 0 aliphatic heterocycles. The standard InChI is InChI=1S/C14H12F2S/c15-12-6-8-13(9-7-12)17-10-14(16)11-4-2-1-3-5-11/h1-9,14H,10H2. The van der Waals surface area contributed by atoms with Crippen molar-refractivity contribution in [2.24, 2.45) is 0 Å². The van der Waals surface area contributed by atoms with Crippen LogP contribution in [0.25, 0.3) is 0 Å². The second-order valence-corrected chi connectivity index (χ2v) is 4.74. The molecule has 17 heavy (non-hydrogen) atoms. The molecule has 0 aliphatic carbocycles. The zero-order valence-electron chi connectivity index (χ0n) is 9.14. The SMILES string of the molecule is Fc1ccc(SCC(F)c2ccccc2)cc1. The number of rotatable bonds is 4. The molecule has 0 N–H and O–H groups in total. The maximum Gasteiger partial charge on any atom is 0.134 e. The van der Waals surface area contributed by atoms with E-state index in [2.05, 4.69) is 0 Å². The molecule has 0 heterocycles. The van der Waals surface area contributed by atoms with Gasteiger partial charge in [-0.15, -0.1) is 11.8 Å². The predicted octanol–water partition coefficient (Wildman–Crippen LogP) is 4.63. The Morgan fingerprint density at radius 1 is 0.941 bits per heavy atom. The molecular formula is C14H12F2S. The van der Waals surface area contributed by atoms with Crippen LogP contribution in [0.15, 0.2) is 59.5 Å². The van der Waals surface area contributed by atoms with Crippen molar-refractivity contribution in [1.29, 1.82) is 0 Å². The van der Waals surface area contributed by atoms with E-state index in [-0.39, 0.29) is 5.82 Å². The smallest absolute Gasteiger partial charge is 0.134 e. The van der Waals surface area contributed by atoms with Crippen LogP contribution in [-0.2, 0) is 0 Å². The molecule has 0 nitrogen and oxygen atoms in total. The lowest BCUT2D eigenvalue weighted by Crippen LogP contribution is -1.94. The summed E-state index contributed by atoms with van der Waals surface area (Å²) in [5, 5.41) is 0. The van der Waals surface area contributed by atoms with Gasteiger partial charge in [0.2, 0.25) is 0 Å². The van der Waals surface area contributed by atoms with Crippen molar-refractivity contribution in [3.63, 3.8) is 0 Å². The van der Waals surface area contributed by atoms with Crippen LogP contribution < -0.4 is 0 Å². The van der Waals surface area contributed by atoms with Gasteiger partial charge >= 0.3 is 0 Å². The molecule has 2 aromatic rings. The summed E-state index contributed by atoms with van der Waals surface area (Å²) >= 11 is 1.39. The lowest BCUT2D eigenvalue weighted by molar-refractivity contribution is 0.380. The lowest BCUT2D eigenvalue weighted by atomic mass is 10.1. The summed E-state index contributed by atoms with van der Waals surface area (Å²) in [5.41, 5.74) is 0.683. The molecule has 0 saturated heterocycles. The van der Waals surface area contributed by atoms with Crippen LogP contribution in [0.3, 0.4) is 0 Å². The van der Waals surface area contributed by atoms with Crippen molar-refractivity contribution in [1.82, 2.24) is 0 Å². The lowest BCUT2D eigenvalue weighted by Gasteiger charge is -2.07. The average Bonchev–Trinajstić information content (AvgIpc) is 2.39. The maximum atomic E-state index is 13.8. The Morgan fingerprint density at radius 2 is 1.59 bits per heavy atom. The highest BCUT2D eigenvalue weighted by molar-refractivity contribution is 7.99. The number of halogens is 2. The van der Waals surface area contributed by atoms with Gasteiger partial charge in [0.15, 0.2) is 0 Å². The second kappa shape index (κ2) is 5.82. The van der Waals surface area contributed by atoms with Gasteiger partial charge in [0, 0.05) is 10.6 Å². The highest BCUT2D eigenvalue weighted by Crippen LogP contribution is 2.27. The molecule has 0 radical (unpaired) electrons. The second-order valence-electron chi connectivity index (χ2n) is 3.64. The molecule has 3 heteroatoms. The molecular weight excluding hydrogens is 238 g/mol. The maximum absolute atomic E-state index is 13.8. The van der Waals surface area contributed by atoms with Crippen LogP contribution in [0.5, 0.6) is 0 Å². The number of hydrogen-bond acceptors (Lipinski definition) is 1. The number of alkyl halides is 1. The molecule has 0 bridgehead atoms. The monoisotopic (exact) mass is 250 g/mol. The predicted molar refractivity (Wildman–Crippen MR) is 67.4 cm³/mol. The first-order valence-corrected chi connectivity index (χ1v) is 6.31. The van der Waals surface area contributed by atoms with Crippen LogP contribution in [-0.4, -0.2) is 5.75 Å². The van der Waals surface area contributed by atoms with E-state index in [4.69, 9.17) is 0 Å². The van der Waals surface area contributed by atoms with Crippen molar-refractivity contribution >= 4 is 11.8 Å². The number of thioether (sulfide) groups is 1. The van der Waals surface area contributed by atoms with Crippen LogP contribution in [0, 0.1) is 5.82 Å². The van der Waals surface area contributed by atoms with Crippen molar-refractivity contribution in [3.8, 4) is 0 Å². The first kappa shape index (κ1) is 12.1. The molecule has 0 fully saturated rings. The van der Waals surface area contributed by atoms with Crippen molar-refractivity contribution in [3.05, 3.63) is 66.0 Å². The van der Waals surface area contributed by atoms with Gasteiger partial charge in [0.25, 0.3) is 0 Å². The summed E-state index contributed by atoms with van der Waals surface area (Å²) < 4.78 is 26.5. The Kier molecular flexibility index (Phi) is 4.15. The zero-order chi connectivity index (χ0) is 12.1. The van der Waals surface area contributed by atoms with Gasteiger partial charge in [0.05, 0.1) is 0 Å². The van der Waals surface area contributed by atoms with E-state index in [0.29, 0.717) is 11.3 Å². The van der Waals surface area contributed by atoms with Crippen molar-refractivity contribution in [2.75, 3.05) is 5.75 Å². The zero-order valence-corrected chi connectivity index (χ0v) is 9.96. The van der Waals surface area contributed by atoms with E-state index < -0.39 is 6.17 Å². The molecule has 1 unspecified atom stereocenters. The van der Waals surface area contributed by atoms with E-state index in [1.807, 2.05) is 18.2 Å². The summed E-state index contributed by atoms with van der Waals surface area (Å²) in [4.78, 5) is 0.880. The molecule has 0 aliphatic rings. The number of benzene rings is 2. The average molecular weight is 250 g/mol. The Morgan fingerprint density at radius 3 is 2.24 bits per heavy atom. The molecule has 88 valence electrons. The minimum absolute atomic E-state index is 0.269. The Bertz CT molecular complexity index is 453. The van der Waals surface area contributed by atoms with Crippen molar-refractivity contribution < 1.29 is 8.78 Å². The Labute approximate surface area is 104 Å². The van der Waals surface area contributed by atoms with E-state index in [0.717, 1.165) is 4.90 Å². The summed E-state index contributed by atoms with van der Waals surface area (Å²) in [7, 11) is 0. The van der Waals surface area contributed by atoms with Gasteiger partial charge in [-0.3, -0.25) is 0 Å². The van der Waals surface area contributed by atoms with Gasteiger partial charge < -0.3 is 0 Å². The first-order valence-electron chi connectivity index (χ1n) is 5.33. The summed E-state index contributed by atoms with van der Waals surface area (Å²) in [5.74, 6) is 0.0737. The minimum atomic E-state index is -0.994. The first-order chi connectivity index (χ1) is 8.25. The van der Waals surface area contributed by atoms with Gasteiger partial charge in [-0.05, 0) is 29.8 Å². The van der Waals surface area contributed by atoms with E-state index >= 15 is 0 Å². The molecule has 0 spiro atoms.